The largest absolute Gasteiger partial charge is 0.343 e. The molecular weight excluding hydrogens is 248 g/mol. The Morgan fingerprint density at radius 2 is 1.45 bits per heavy atom. The van der Waals surface area contributed by atoms with Crippen LogP contribution in [0.25, 0.3) is 0 Å². The van der Waals surface area contributed by atoms with Crippen LogP contribution in [0.3, 0.4) is 0 Å². The molecule has 0 N–H and O–H groups in total. The molecule has 1 aromatic rings. The smallest absolute Gasteiger partial charge is 0.184 e. The van der Waals surface area contributed by atoms with Gasteiger partial charge in [0.1, 0.15) is 0 Å². The molecule has 112 valence electrons. The van der Waals surface area contributed by atoms with Crippen LogP contribution in [0.5, 0.6) is 0 Å². The Labute approximate surface area is 123 Å². The summed E-state index contributed by atoms with van der Waals surface area (Å²) in [6, 6.07) is 4.61. The fourth-order valence-electron chi connectivity index (χ4n) is 2.75. The molecule has 0 amide bonds. The molecular formula is C18H28O2. The second-order valence-corrected chi connectivity index (χ2v) is 6.65. The van der Waals surface area contributed by atoms with Gasteiger partial charge in [0.05, 0.1) is 12.2 Å². The molecule has 2 rings (SSSR count). The standard InChI is InChI=1S/C18H28O2/c1-10(2)15-8-16(11(3)4)12(5)17(9-15)18-19-13(6)14(7)20-18/h8-11,13-14,18H,1-7H3/t13-,14+,18?. The first-order chi connectivity index (χ1) is 9.31. The Balaban J connectivity index is 2.46. The van der Waals surface area contributed by atoms with Crippen molar-refractivity contribution in [3.05, 3.63) is 34.4 Å². The molecule has 1 aliphatic rings. The van der Waals surface area contributed by atoms with E-state index in [2.05, 4.69) is 60.6 Å². The highest BCUT2D eigenvalue weighted by molar-refractivity contribution is 5.42. The molecule has 1 heterocycles. The van der Waals surface area contributed by atoms with E-state index in [1.807, 2.05) is 0 Å². The molecule has 0 radical (unpaired) electrons. The summed E-state index contributed by atoms with van der Waals surface area (Å²) in [6.45, 7) is 15.3. The van der Waals surface area contributed by atoms with Crippen molar-refractivity contribution < 1.29 is 9.47 Å². The highest BCUT2D eigenvalue weighted by atomic mass is 16.7. The quantitative estimate of drug-likeness (QED) is 0.768. The fraction of sp³-hybridized carbons (Fsp3) is 0.667. The van der Waals surface area contributed by atoms with E-state index in [0.29, 0.717) is 11.8 Å². The van der Waals surface area contributed by atoms with Gasteiger partial charge < -0.3 is 9.47 Å². The maximum Gasteiger partial charge on any atom is 0.184 e. The van der Waals surface area contributed by atoms with Crippen LogP contribution in [0.1, 0.15) is 81.9 Å². The molecule has 1 unspecified atom stereocenters. The van der Waals surface area contributed by atoms with Crippen molar-refractivity contribution in [2.45, 2.75) is 78.8 Å². The zero-order valence-corrected chi connectivity index (χ0v) is 13.9. The lowest BCUT2D eigenvalue weighted by Gasteiger charge is -2.21. The average molecular weight is 276 g/mol. The van der Waals surface area contributed by atoms with Gasteiger partial charge in [-0.25, -0.2) is 0 Å². The zero-order chi connectivity index (χ0) is 15.0. The van der Waals surface area contributed by atoms with Crippen molar-refractivity contribution in [3.63, 3.8) is 0 Å². The minimum absolute atomic E-state index is 0.157. The van der Waals surface area contributed by atoms with Crippen molar-refractivity contribution in [3.8, 4) is 0 Å². The normalized spacial score (nSPS) is 26.8. The van der Waals surface area contributed by atoms with Crippen molar-refractivity contribution in [1.82, 2.24) is 0 Å². The number of rotatable bonds is 3. The molecule has 0 spiro atoms. The van der Waals surface area contributed by atoms with Gasteiger partial charge in [-0.15, -0.1) is 0 Å². The Hall–Kier alpha value is -0.860. The second kappa shape index (κ2) is 5.87. The monoisotopic (exact) mass is 276 g/mol. The molecule has 3 atom stereocenters. The maximum atomic E-state index is 5.99. The Bertz CT molecular complexity index is 467. The lowest BCUT2D eigenvalue weighted by Crippen LogP contribution is -2.13. The molecule has 20 heavy (non-hydrogen) atoms. The van der Waals surface area contributed by atoms with Crippen LogP contribution in [0.4, 0.5) is 0 Å². The number of hydrogen-bond donors (Lipinski definition) is 0. The van der Waals surface area contributed by atoms with Crippen LogP contribution in [-0.2, 0) is 9.47 Å². The fourth-order valence-corrected chi connectivity index (χ4v) is 2.75. The summed E-state index contributed by atoms with van der Waals surface area (Å²) in [6.07, 6.45) is 0.102. The third-order valence-electron chi connectivity index (χ3n) is 4.39. The summed E-state index contributed by atoms with van der Waals surface area (Å²) in [4.78, 5) is 0. The number of hydrogen-bond acceptors (Lipinski definition) is 2. The predicted molar refractivity (Wildman–Crippen MR) is 83.2 cm³/mol. The average Bonchev–Trinajstić information content (AvgIpc) is 2.69. The molecule has 1 fully saturated rings. The van der Waals surface area contributed by atoms with E-state index in [9.17, 15) is 0 Å². The summed E-state index contributed by atoms with van der Waals surface area (Å²) < 4.78 is 12.0. The van der Waals surface area contributed by atoms with Gasteiger partial charge in [-0.3, -0.25) is 0 Å². The van der Waals surface area contributed by atoms with Crippen LogP contribution in [-0.4, -0.2) is 12.2 Å². The third kappa shape index (κ3) is 2.91. The van der Waals surface area contributed by atoms with Crippen LogP contribution in [0.2, 0.25) is 0 Å². The molecule has 0 aliphatic carbocycles. The van der Waals surface area contributed by atoms with Crippen LogP contribution in [0, 0.1) is 6.92 Å². The Morgan fingerprint density at radius 1 is 0.900 bits per heavy atom. The summed E-state index contributed by atoms with van der Waals surface area (Å²) in [5, 5.41) is 0. The van der Waals surface area contributed by atoms with E-state index in [-0.39, 0.29) is 18.5 Å². The SMILES string of the molecule is Cc1c(C(C)C)cc(C(C)C)cc1C1O[C@@H](C)[C@@H](C)O1. The third-order valence-corrected chi connectivity index (χ3v) is 4.39. The van der Waals surface area contributed by atoms with E-state index >= 15 is 0 Å². The highest BCUT2D eigenvalue weighted by Gasteiger charge is 2.32. The van der Waals surface area contributed by atoms with E-state index in [0.717, 1.165) is 0 Å². The van der Waals surface area contributed by atoms with Crippen molar-refractivity contribution >= 4 is 0 Å². The van der Waals surface area contributed by atoms with Crippen molar-refractivity contribution in [1.29, 1.82) is 0 Å². The summed E-state index contributed by atoms with van der Waals surface area (Å²) in [5.41, 5.74) is 5.30. The summed E-state index contributed by atoms with van der Waals surface area (Å²) >= 11 is 0. The number of ether oxygens (including phenoxy) is 2. The molecule has 0 saturated carbocycles. The van der Waals surface area contributed by atoms with Crippen LogP contribution < -0.4 is 0 Å². The number of benzene rings is 1. The van der Waals surface area contributed by atoms with E-state index in [1.165, 1.54) is 22.3 Å². The van der Waals surface area contributed by atoms with Crippen LogP contribution in [0.15, 0.2) is 12.1 Å². The lowest BCUT2D eigenvalue weighted by molar-refractivity contribution is -0.0657. The molecule has 1 aromatic carbocycles. The Kier molecular flexibility index (Phi) is 4.55. The summed E-state index contributed by atoms with van der Waals surface area (Å²) in [7, 11) is 0. The van der Waals surface area contributed by atoms with Crippen molar-refractivity contribution in [2.75, 3.05) is 0 Å². The van der Waals surface area contributed by atoms with Gasteiger partial charge >= 0.3 is 0 Å². The zero-order valence-electron chi connectivity index (χ0n) is 13.9. The topological polar surface area (TPSA) is 18.5 Å². The van der Waals surface area contributed by atoms with Crippen molar-refractivity contribution in [2.24, 2.45) is 0 Å². The lowest BCUT2D eigenvalue weighted by atomic mass is 9.88. The molecule has 2 nitrogen and oxygen atoms in total. The minimum Gasteiger partial charge on any atom is -0.343 e. The first-order valence-corrected chi connectivity index (χ1v) is 7.76. The molecule has 0 bridgehead atoms. The van der Waals surface area contributed by atoms with Gasteiger partial charge in [0.15, 0.2) is 6.29 Å². The predicted octanol–water partition coefficient (Wildman–Crippen LogP) is 5.06. The van der Waals surface area contributed by atoms with Gasteiger partial charge in [0.25, 0.3) is 0 Å². The first kappa shape index (κ1) is 15.5. The van der Waals surface area contributed by atoms with E-state index < -0.39 is 0 Å². The Morgan fingerprint density at radius 3 is 1.90 bits per heavy atom. The van der Waals surface area contributed by atoms with Gasteiger partial charge in [0, 0.05) is 5.56 Å². The van der Waals surface area contributed by atoms with Gasteiger partial charge in [-0.05, 0) is 49.3 Å². The maximum absolute atomic E-state index is 5.99. The van der Waals surface area contributed by atoms with Gasteiger partial charge in [-0.1, -0.05) is 39.8 Å². The molecule has 0 aromatic heterocycles. The molecule has 1 aliphatic heterocycles. The summed E-state index contributed by atoms with van der Waals surface area (Å²) in [5.74, 6) is 1.03. The molecule has 1 saturated heterocycles. The second-order valence-electron chi connectivity index (χ2n) is 6.65. The van der Waals surface area contributed by atoms with E-state index in [4.69, 9.17) is 9.47 Å². The van der Waals surface area contributed by atoms with Crippen LogP contribution >= 0.6 is 0 Å². The minimum atomic E-state index is -0.212. The first-order valence-electron chi connectivity index (χ1n) is 7.76. The van der Waals surface area contributed by atoms with E-state index in [1.54, 1.807) is 0 Å². The van der Waals surface area contributed by atoms with Gasteiger partial charge in [0.2, 0.25) is 0 Å². The van der Waals surface area contributed by atoms with Gasteiger partial charge in [-0.2, -0.15) is 0 Å². The molecule has 2 heteroatoms. The highest BCUT2D eigenvalue weighted by Crippen LogP contribution is 2.37.